The van der Waals surface area contributed by atoms with Crippen LogP contribution in [0.1, 0.15) is 128 Å². The second kappa shape index (κ2) is 9.23. The molecule has 9 atom stereocenters. The van der Waals surface area contributed by atoms with Gasteiger partial charge in [0.15, 0.2) is 0 Å². The predicted octanol–water partition coefficient (Wildman–Crippen LogP) is 9.43. The summed E-state index contributed by atoms with van der Waals surface area (Å²) in [7, 11) is 1.43. The molecule has 0 aromatic heterocycles. The van der Waals surface area contributed by atoms with Gasteiger partial charge >= 0.3 is 11.9 Å². The Morgan fingerprint density at radius 3 is 2.09 bits per heavy atom. The van der Waals surface area contributed by atoms with Gasteiger partial charge in [-0.05, 0) is 151 Å². The second-order valence-corrected chi connectivity index (χ2v) is 17.6. The molecule has 1 aromatic rings. The van der Waals surface area contributed by atoms with E-state index in [0.29, 0.717) is 40.6 Å². The molecule has 0 aliphatic heterocycles. The minimum Gasteiger partial charge on any atom is -0.481 e. The summed E-state index contributed by atoms with van der Waals surface area (Å²) in [4.78, 5) is 25.2. The molecule has 0 bridgehead atoms. The molecule has 5 fully saturated rings. The quantitative estimate of drug-likeness (QED) is 0.357. The van der Waals surface area contributed by atoms with Crippen molar-refractivity contribution in [3.05, 3.63) is 41.5 Å². The Morgan fingerprint density at radius 1 is 0.767 bits per heavy atom. The largest absolute Gasteiger partial charge is 0.481 e. The van der Waals surface area contributed by atoms with Crippen molar-refractivity contribution in [1.29, 1.82) is 0 Å². The van der Waals surface area contributed by atoms with E-state index >= 15 is 0 Å². The van der Waals surface area contributed by atoms with Crippen LogP contribution in [0.25, 0.3) is 5.57 Å². The molecule has 5 saturated carbocycles. The molecule has 0 saturated heterocycles. The number of esters is 1. The molecule has 0 unspecified atom stereocenters. The van der Waals surface area contributed by atoms with Crippen LogP contribution in [-0.2, 0) is 9.53 Å². The van der Waals surface area contributed by atoms with Gasteiger partial charge in [-0.15, -0.1) is 0 Å². The third-order valence-electron chi connectivity index (χ3n) is 16.0. The lowest BCUT2D eigenvalue weighted by molar-refractivity contribution is -0.230. The summed E-state index contributed by atoms with van der Waals surface area (Å²) >= 11 is 0. The average molecular weight is 587 g/mol. The molecule has 0 amide bonds. The zero-order valence-electron chi connectivity index (χ0n) is 27.7. The van der Waals surface area contributed by atoms with Crippen molar-refractivity contribution < 1.29 is 19.4 Å². The topological polar surface area (TPSA) is 63.6 Å². The van der Waals surface area contributed by atoms with Crippen LogP contribution in [0.5, 0.6) is 0 Å². The molecule has 0 heterocycles. The van der Waals surface area contributed by atoms with Crippen molar-refractivity contribution >= 4 is 17.5 Å². The van der Waals surface area contributed by atoms with E-state index < -0.39 is 11.4 Å². The van der Waals surface area contributed by atoms with E-state index in [1.54, 1.807) is 0 Å². The fourth-order valence-corrected chi connectivity index (χ4v) is 13.3. The third kappa shape index (κ3) is 3.73. The first kappa shape index (κ1) is 29.6. The van der Waals surface area contributed by atoms with Crippen LogP contribution < -0.4 is 0 Å². The van der Waals surface area contributed by atoms with Crippen LogP contribution in [-0.4, -0.2) is 24.2 Å². The molecule has 7 rings (SSSR count). The lowest BCUT2D eigenvalue weighted by Gasteiger charge is -2.72. The van der Waals surface area contributed by atoms with E-state index in [1.165, 1.54) is 56.8 Å². The Kier molecular flexibility index (Phi) is 6.35. The van der Waals surface area contributed by atoms with Gasteiger partial charge in [-0.25, -0.2) is 4.79 Å². The van der Waals surface area contributed by atoms with Crippen molar-refractivity contribution in [2.45, 2.75) is 112 Å². The van der Waals surface area contributed by atoms with E-state index in [4.69, 9.17) is 4.74 Å². The maximum absolute atomic E-state index is 13.1. The monoisotopic (exact) mass is 586 g/mol. The lowest BCUT2D eigenvalue weighted by Crippen LogP contribution is -2.66. The van der Waals surface area contributed by atoms with Crippen molar-refractivity contribution in [2.75, 3.05) is 7.11 Å². The molecule has 234 valence electrons. The third-order valence-corrected chi connectivity index (χ3v) is 16.0. The van der Waals surface area contributed by atoms with E-state index in [0.717, 1.165) is 32.1 Å². The summed E-state index contributed by atoms with van der Waals surface area (Å²) in [6.07, 6.45) is 15.1. The van der Waals surface area contributed by atoms with Gasteiger partial charge in [0.25, 0.3) is 0 Å². The molecule has 1 aromatic carbocycles. The SMILES string of the molecule is COC(=O)c1ccc(C2=CC[C@]3(C)[C@H]4CC[C@@H]5[C@H]6[C@H](C7(C)CC7)CC[C@]6(C(=O)O)CC[C@@]5(C)[C@]4(C)CC[C@H]3C2(C)C)cc1. The second-order valence-electron chi connectivity index (χ2n) is 17.6. The van der Waals surface area contributed by atoms with Crippen molar-refractivity contribution in [2.24, 2.45) is 62.1 Å². The Hall–Kier alpha value is -2.10. The maximum Gasteiger partial charge on any atom is 0.337 e. The van der Waals surface area contributed by atoms with E-state index in [9.17, 15) is 14.7 Å². The number of hydrogen-bond donors (Lipinski definition) is 1. The molecule has 0 spiro atoms. The van der Waals surface area contributed by atoms with Crippen molar-refractivity contribution in [3.63, 3.8) is 0 Å². The van der Waals surface area contributed by atoms with Gasteiger partial charge in [-0.2, -0.15) is 0 Å². The molecule has 4 heteroatoms. The number of allylic oxidation sites excluding steroid dienone is 2. The number of benzene rings is 1. The van der Waals surface area contributed by atoms with Crippen molar-refractivity contribution in [1.82, 2.24) is 0 Å². The fraction of sp³-hybridized carbons (Fsp3) is 0.744. The number of carboxylic acids is 1. The summed E-state index contributed by atoms with van der Waals surface area (Å²) in [5.41, 5.74) is 3.81. The zero-order valence-corrected chi connectivity index (χ0v) is 27.7. The zero-order chi connectivity index (χ0) is 30.8. The standard InChI is InChI=1S/C39H54O4/c1-34(2)26(24-8-10-25(11-9-24)32(40)43-7)14-17-36(4)29(34)16-18-38(6)30(36)13-12-28-31-27(35(3)20-21-35)15-19-39(31,33(41)42)23-22-37(28,38)5/h8-11,14,27-31H,12-13,15-23H2,1-7H3,(H,41,42)/t27-,28-,29+,30-,31-,36+,37-,38-,39+/m1/s1. The fourth-order valence-electron chi connectivity index (χ4n) is 13.3. The summed E-state index contributed by atoms with van der Waals surface area (Å²) in [5.74, 6) is 1.93. The van der Waals surface area contributed by atoms with Gasteiger partial charge in [0.1, 0.15) is 0 Å². The number of carboxylic acid groups (broad SMARTS) is 1. The first-order chi connectivity index (χ1) is 20.2. The number of hydrogen-bond acceptors (Lipinski definition) is 3. The predicted molar refractivity (Wildman–Crippen MR) is 170 cm³/mol. The van der Waals surface area contributed by atoms with E-state index in [-0.39, 0.29) is 27.6 Å². The van der Waals surface area contributed by atoms with E-state index in [2.05, 4.69) is 59.8 Å². The van der Waals surface area contributed by atoms with Crippen LogP contribution in [0, 0.1) is 62.1 Å². The van der Waals surface area contributed by atoms with Gasteiger partial charge in [0.2, 0.25) is 0 Å². The van der Waals surface area contributed by atoms with E-state index in [1.807, 2.05) is 12.1 Å². The number of ether oxygens (including phenoxy) is 1. The van der Waals surface area contributed by atoms with Gasteiger partial charge in [0, 0.05) is 0 Å². The van der Waals surface area contributed by atoms with Crippen LogP contribution in [0.4, 0.5) is 0 Å². The molecule has 1 N–H and O–H groups in total. The van der Waals surface area contributed by atoms with Gasteiger partial charge in [0.05, 0.1) is 18.1 Å². The number of carbonyl (C=O) groups is 2. The normalized spacial score (nSPS) is 45.5. The number of fused-ring (bicyclic) bond motifs is 7. The highest BCUT2D eigenvalue weighted by molar-refractivity contribution is 5.90. The maximum atomic E-state index is 13.1. The van der Waals surface area contributed by atoms with Gasteiger partial charge in [-0.3, -0.25) is 4.79 Å². The molecule has 43 heavy (non-hydrogen) atoms. The first-order valence-electron chi connectivity index (χ1n) is 17.3. The molecule has 6 aliphatic carbocycles. The highest BCUT2D eigenvalue weighted by atomic mass is 16.5. The summed E-state index contributed by atoms with van der Waals surface area (Å²) in [6, 6.07) is 8.03. The lowest BCUT2D eigenvalue weighted by atomic mass is 9.32. The van der Waals surface area contributed by atoms with Crippen LogP contribution in [0.3, 0.4) is 0 Å². The molecule has 0 radical (unpaired) electrons. The molecular weight excluding hydrogens is 532 g/mol. The summed E-state index contributed by atoms with van der Waals surface area (Å²) in [6.45, 7) is 15.3. The average Bonchev–Trinajstić information content (AvgIpc) is 3.57. The Labute approximate surface area is 259 Å². The van der Waals surface area contributed by atoms with Crippen LogP contribution in [0.15, 0.2) is 30.3 Å². The Morgan fingerprint density at radius 2 is 1.47 bits per heavy atom. The minimum absolute atomic E-state index is 0.0288. The Balaban J connectivity index is 1.23. The number of methoxy groups -OCH3 is 1. The number of aliphatic carboxylic acids is 1. The molecule has 6 aliphatic rings. The summed E-state index contributed by atoms with van der Waals surface area (Å²) < 4.78 is 4.94. The molecule has 4 nitrogen and oxygen atoms in total. The van der Waals surface area contributed by atoms with Crippen molar-refractivity contribution in [3.8, 4) is 0 Å². The highest BCUT2D eigenvalue weighted by Gasteiger charge is 2.73. The van der Waals surface area contributed by atoms with Crippen LogP contribution in [0.2, 0.25) is 0 Å². The van der Waals surface area contributed by atoms with Gasteiger partial charge in [-0.1, -0.05) is 59.8 Å². The highest BCUT2D eigenvalue weighted by Crippen LogP contribution is 2.79. The number of rotatable bonds is 4. The Bertz CT molecular complexity index is 1370. The van der Waals surface area contributed by atoms with Crippen LogP contribution >= 0.6 is 0 Å². The van der Waals surface area contributed by atoms with Gasteiger partial charge < -0.3 is 9.84 Å². The molecular formula is C39H54O4. The first-order valence-corrected chi connectivity index (χ1v) is 17.3. The smallest absolute Gasteiger partial charge is 0.337 e. The minimum atomic E-state index is -0.487. The number of carbonyl (C=O) groups excluding carboxylic acids is 1. The summed E-state index contributed by atoms with van der Waals surface area (Å²) in [5, 5.41) is 10.8.